The summed E-state index contributed by atoms with van der Waals surface area (Å²) in [6.07, 6.45) is 1.82. The normalized spacial score (nSPS) is 11.8. The second-order valence-electron chi connectivity index (χ2n) is 4.13. The van der Waals surface area contributed by atoms with Crippen molar-refractivity contribution in [3.63, 3.8) is 0 Å². The van der Waals surface area contributed by atoms with Crippen LogP contribution in [0.25, 0.3) is 0 Å². The van der Waals surface area contributed by atoms with Gasteiger partial charge in [-0.15, -0.1) is 0 Å². The third-order valence-corrected chi connectivity index (χ3v) is 9.14. The highest BCUT2D eigenvalue weighted by Crippen LogP contribution is 2.26. The van der Waals surface area contributed by atoms with E-state index in [0.717, 1.165) is 9.08 Å². The number of nitrogens with zero attached hydrogens (tertiary/aromatic N) is 1. The van der Waals surface area contributed by atoms with E-state index < -0.39 is 8.32 Å². The molecule has 0 radical (unpaired) electrons. The quantitative estimate of drug-likeness (QED) is 0.504. The topological polar surface area (TPSA) is 22.1 Å². The second kappa shape index (κ2) is 7.02. The van der Waals surface area contributed by atoms with Gasteiger partial charge in [-0.25, -0.2) is 4.98 Å². The van der Waals surface area contributed by atoms with E-state index in [1.54, 1.807) is 0 Å². The van der Waals surface area contributed by atoms with E-state index in [1.807, 2.05) is 12.3 Å². The van der Waals surface area contributed by atoms with Gasteiger partial charge < -0.3 is 4.43 Å². The van der Waals surface area contributed by atoms with E-state index in [9.17, 15) is 0 Å². The Labute approximate surface area is 122 Å². The van der Waals surface area contributed by atoms with Gasteiger partial charge in [0.05, 0.1) is 6.61 Å². The Morgan fingerprint density at radius 3 is 2.29 bits per heavy atom. The fourth-order valence-corrected chi connectivity index (χ4v) is 5.13. The third kappa shape index (κ3) is 4.15. The Kier molecular flexibility index (Phi) is 6.34. The zero-order valence-electron chi connectivity index (χ0n) is 10.6. The zero-order valence-corrected chi connectivity index (χ0v) is 14.8. The molecule has 0 spiro atoms. The van der Waals surface area contributed by atoms with Gasteiger partial charge in [-0.2, -0.15) is 0 Å². The molecule has 0 amide bonds. The molecule has 0 bridgehead atoms. The van der Waals surface area contributed by atoms with Crippen LogP contribution >= 0.6 is 31.9 Å². The minimum atomic E-state index is -1.50. The van der Waals surface area contributed by atoms with E-state index in [2.05, 4.69) is 57.6 Å². The summed E-state index contributed by atoms with van der Waals surface area (Å²) in [7, 11) is -1.50. The van der Waals surface area contributed by atoms with Crippen LogP contribution in [-0.2, 0) is 11.0 Å². The van der Waals surface area contributed by atoms with Gasteiger partial charge in [-0.3, -0.25) is 0 Å². The van der Waals surface area contributed by atoms with Crippen molar-refractivity contribution in [1.29, 1.82) is 0 Å². The van der Waals surface area contributed by atoms with Crippen LogP contribution in [0.15, 0.2) is 21.3 Å². The Bertz CT molecular complexity index is 361. The van der Waals surface area contributed by atoms with E-state index in [-0.39, 0.29) is 0 Å². The molecule has 0 saturated heterocycles. The third-order valence-electron chi connectivity index (χ3n) is 3.37. The maximum atomic E-state index is 6.26. The molecule has 1 aromatic heterocycles. The van der Waals surface area contributed by atoms with Gasteiger partial charge in [0.2, 0.25) is 0 Å². The Morgan fingerprint density at radius 1 is 1.18 bits per heavy atom. The molecule has 0 aliphatic heterocycles. The van der Waals surface area contributed by atoms with Crippen molar-refractivity contribution in [1.82, 2.24) is 4.98 Å². The zero-order chi connectivity index (χ0) is 12.9. The maximum absolute atomic E-state index is 6.26. The van der Waals surface area contributed by atoms with Crippen LogP contribution in [0.2, 0.25) is 18.1 Å². The highest BCUT2D eigenvalue weighted by Gasteiger charge is 2.28. The predicted molar refractivity (Wildman–Crippen MR) is 81.6 cm³/mol. The molecule has 0 aliphatic rings. The molecular formula is C12H19Br2NOSi. The molecule has 1 heterocycles. The lowest BCUT2D eigenvalue weighted by molar-refractivity contribution is 0.286. The van der Waals surface area contributed by atoms with Gasteiger partial charge in [0, 0.05) is 10.7 Å². The van der Waals surface area contributed by atoms with Crippen molar-refractivity contribution in [2.75, 3.05) is 0 Å². The number of aromatic nitrogens is 1. The molecule has 0 unspecified atom stereocenters. The van der Waals surface area contributed by atoms with Gasteiger partial charge in [0.15, 0.2) is 8.32 Å². The van der Waals surface area contributed by atoms with E-state index >= 15 is 0 Å². The van der Waals surface area contributed by atoms with Crippen LogP contribution in [0.4, 0.5) is 0 Å². The van der Waals surface area contributed by atoms with Crippen LogP contribution in [-0.4, -0.2) is 13.3 Å². The summed E-state index contributed by atoms with van der Waals surface area (Å²) in [6, 6.07) is 5.57. The fourth-order valence-electron chi connectivity index (χ4n) is 1.85. The van der Waals surface area contributed by atoms with Crippen molar-refractivity contribution in [2.24, 2.45) is 0 Å². The molecule has 1 aromatic rings. The molecular weight excluding hydrogens is 362 g/mol. The maximum Gasteiger partial charge on any atom is 0.192 e. The van der Waals surface area contributed by atoms with Gasteiger partial charge in [-0.05, 0) is 61.6 Å². The van der Waals surface area contributed by atoms with Crippen LogP contribution < -0.4 is 0 Å². The summed E-state index contributed by atoms with van der Waals surface area (Å²) in [5.74, 6) is 0. The Morgan fingerprint density at radius 2 is 1.76 bits per heavy atom. The molecule has 0 aliphatic carbocycles. The number of hydrogen-bond donors (Lipinski definition) is 0. The summed E-state index contributed by atoms with van der Waals surface area (Å²) in [5, 5.41) is 0. The van der Waals surface area contributed by atoms with Crippen molar-refractivity contribution in [3.8, 4) is 0 Å². The average molecular weight is 381 g/mol. The summed E-state index contributed by atoms with van der Waals surface area (Å²) in [4.78, 5) is 4.17. The number of rotatable bonds is 6. The van der Waals surface area contributed by atoms with E-state index in [1.165, 1.54) is 23.7 Å². The lowest BCUT2D eigenvalue weighted by Gasteiger charge is -2.28. The summed E-state index contributed by atoms with van der Waals surface area (Å²) in [6.45, 7) is 7.42. The molecule has 0 aromatic carbocycles. The van der Waals surface area contributed by atoms with Gasteiger partial charge in [0.25, 0.3) is 0 Å². The lowest BCUT2D eigenvalue weighted by Crippen LogP contribution is -2.35. The SMILES string of the molecule is CC[Si](CC)(CC)OCc1cc(Br)ncc1Br. The van der Waals surface area contributed by atoms with Gasteiger partial charge in [0.1, 0.15) is 4.60 Å². The first-order valence-electron chi connectivity index (χ1n) is 6.00. The van der Waals surface area contributed by atoms with Crippen LogP contribution in [0.3, 0.4) is 0 Å². The predicted octanol–water partition coefficient (Wildman–Crippen LogP) is 5.13. The fraction of sp³-hybridized carbons (Fsp3) is 0.583. The second-order valence-corrected chi connectivity index (χ2v) is 10.6. The highest BCUT2D eigenvalue weighted by atomic mass is 79.9. The molecule has 5 heteroatoms. The van der Waals surface area contributed by atoms with Crippen molar-refractivity contribution < 1.29 is 4.43 Å². The smallest absolute Gasteiger partial charge is 0.192 e. The minimum Gasteiger partial charge on any atom is -0.413 e. The minimum absolute atomic E-state index is 0.684. The van der Waals surface area contributed by atoms with Crippen molar-refractivity contribution >= 4 is 40.2 Å². The highest BCUT2D eigenvalue weighted by molar-refractivity contribution is 9.11. The van der Waals surface area contributed by atoms with Crippen molar-refractivity contribution in [2.45, 2.75) is 45.5 Å². The standard InChI is InChI=1S/C12H19Br2NOSi/c1-4-17(5-2,6-3)16-9-10-7-12(14)15-8-11(10)13/h7-8H,4-6,9H2,1-3H3. The summed E-state index contributed by atoms with van der Waals surface area (Å²) < 4.78 is 8.14. The molecule has 96 valence electrons. The number of hydrogen-bond acceptors (Lipinski definition) is 2. The van der Waals surface area contributed by atoms with Gasteiger partial charge in [-0.1, -0.05) is 20.8 Å². The summed E-state index contributed by atoms with van der Waals surface area (Å²) in [5.41, 5.74) is 1.17. The van der Waals surface area contributed by atoms with Crippen LogP contribution in [0.1, 0.15) is 26.3 Å². The van der Waals surface area contributed by atoms with Crippen molar-refractivity contribution in [3.05, 3.63) is 26.9 Å². The molecule has 1 rings (SSSR count). The summed E-state index contributed by atoms with van der Waals surface area (Å²) >= 11 is 6.91. The number of halogens is 2. The van der Waals surface area contributed by atoms with Crippen LogP contribution in [0.5, 0.6) is 0 Å². The molecule has 0 saturated carbocycles. The average Bonchev–Trinajstić information content (AvgIpc) is 2.35. The molecule has 0 fully saturated rings. The van der Waals surface area contributed by atoms with Crippen LogP contribution in [0, 0.1) is 0 Å². The first kappa shape index (κ1) is 15.3. The van der Waals surface area contributed by atoms with Gasteiger partial charge >= 0.3 is 0 Å². The van der Waals surface area contributed by atoms with E-state index in [4.69, 9.17) is 4.43 Å². The largest absolute Gasteiger partial charge is 0.413 e. The first-order chi connectivity index (χ1) is 8.06. The Balaban J connectivity index is 2.75. The molecule has 17 heavy (non-hydrogen) atoms. The van der Waals surface area contributed by atoms with E-state index in [0.29, 0.717) is 6.61 Å². The Hall–Kier alpha value is 0.287. The first-order valence-corrected chi connectivity index (χ1v) is 10.1. The molecule has 2 nitrogen and oxygen atoms in total. The number of pyridine rings is 1. The lowest BCUT2D eigenvalue weighted by atomic mass is 10.3. The monoisotopic (exact) mass is 379 g/mol. The molecule has 0 atom stereocenters. The molecule has 0 N–H and O–H groups in total.